The van der Waals surface area contributed by atoms with Crippen molar-refractivity contribution in [3.05, 3.63) is 107 Å². The average Bonchev–Trinajstić information content (AvgIpc) is 3.08. The summed E-state index contributed by atoms with van der Waals surface area (Å²) in [4.78, 5) is 24.6. The number of fused-ring (bicyclic) bond motifs is 4. The molecule has 2 aliphatic heterocycles. The maximum atomic E-state index is 5.06. The molecule has 0 unspecified atom stereocenters. The minimum atomic E-state index is 0.263. The fourth-order valence-electron chi connectivity index (χ4n) is 6.44. The Hall–Kier alpha value is -3.44. The summed E-state index contributed by atoms with van der Waals surface area (Å²) >= 11 is 6.91. The molecule has 0 saturated heterocycles. The number of nitrogens with zero attached hydrogens (tertiary/aromatic N) is 4. The quantitative estimate of drug-likeness (QED) is 0.194. The Kier molecular flexibility index (Phi) is 12.2. The molecule has 4 nitrogen and oxygen atoms in total. The van der Waals surface area contributed by atoms with E-state index in [-0.39, 0.29) is 23.7 Å². The molecule has 4 aromatic carbocycles. The van der Waals surface area contributed by atoms with Crippen molar-refractivity contribution in [3.8, 4) is 0 Å². The first kappa shape index (κ1) is 39.3. The molecule has 2 aliphatic rings. The molecule has 0 aliphatic carbocycles. The van der Waals surface area contributed by atoms with Crippen LogP contribution in [0.1, 0.15) is 124 Å². The van der Waals surface area contributed by atoms with Crippen molar-refractivity contribution in [2.75, 3.05) is 0 Å². The second-order valence-corrected chi connectivity index (χ2v) is 19.6. The van der Waals surface area contributed by atoms with Crippen molar-refractivity contribution < 1.29 is 0 Å². The van der Waals surface area contributed by atoms with E-state index in [0.717, 1.165) is 73.1 Å². The molecule has 0 atom stereocenters. The van der Waals surface area contributed by atoms with Gasteiger partial charge in [-0.2, -0.15) is 20.0 Å². The second-order valence-electron chi connectivity index (χ2n) is 15.0. The fourth-order valence-corrected chi connectivity index (χ4v) is 11.3. The van der Waals surface area contributed by atoms with E-state index in [0.29, 0.717) is 0 Å². The van der Waals surface area contributed by atoms with Crippen LogP contribution in [-0.2, 0) is 0 Å². The largest absolute Gasteiger partial charge is 0.186 e. The molecule has 0 amide bonds. The molecular weight excluding hydrogens is 725 g/mol. The lowest BCUT2D eigenvalue weighted by Gasteiger charge is -2.20. The Balaban J connectivity index is 1.79. The Morgan fingerprint density at radius 2 is 0.604 bits per heavy atom. The highest BCUT2D eigenvalue weighted by atomic mass is 32.2. The zero-order chi connectivity index (χ0) is 38.1. The highest BCUT2D eigenvalue weighted by Gasteiger charge is 2.24. The summed E-state index contributed by atoms with van der Waals surface area (Å²) in [6.45, 7) is 26.5. The zero-order valence-corrected chi connectivity index (χ0v) is 36.1. The number of hydrogen-bond donors (Lipinski definition) is 0. The van der Waals surface area contributed by atoms with Crippen molar-refractivity contribution in [2.45, 2.75) is 126 Å². The molecule has 0 saturated carbocycles. The van der Waals surface area contributed by atoms with E-state index in [9.17, 15) is 0 Å². The van der Waals surface area contributed by atoms with Gasteiger partial charge in [0.15, 0.2) is 0 Å². The minimum absolute atomic E-state index is 0.263. The number of aryl methyl sites for hydroxylation is 4. The fraction of sp³-hybridized carbons (Fsp3) is 0.356. The maximum absolute atomic E-state index is 5.06. The SMILES string of the molecule is Cc1ccc(C(C)C)c2c1SC1=C=C(Sc3c(C)ccc(C(C)C)c3N=C=N2)Sc2c(C)ccc(C(C)C)c2N=C=Nc2c(C(C)C)ccc(C)c2S1. The molecule has 0 spiro atoms. The van der Waals surface area contributed by atoms with E-state index < -0.39 is 0 Å². The summed E-state index contributed by atoms with van der Waals surface area (Å²) in [6.07, 6.45) is 0. The molecular formula is C45H48N4S4. The van der Waals surface area contributed by atoms with Gasteiger partial charge < -0.3 is 0 Å². The minimum Gasteiger partial charge on any atom is -0.186 e. The lowest BCUT2D eigenvalue weighted by atomic mass is 9.99. The van der Waals surface area contributed by atoms with E-state index in [1.54, 1.807) is 47.0 Å². The van der Waals surface area contributed by atoms with Gasteiger partial charge in [-0.3, -0.25) is 0 Å². The van der Waals surface area contributed by atoms with E-state index in [4.69, 9.17) is 20.0 Å². The molecule has 0 N–H and O–H groups in total. The smallest absolute Gasteiger partial charge is 0.101 e. The summed E-state index contributed by atoms with van der Waals surface area (Å²) in [6, 6.07) is 24.1. The maximum Gasteiger partial charge on any atom is 0.101 e. The van der Waals surface area contributed by atoms with Gasteiger partial charge in [0.05, 0.1) is 31.2 Å². The number of aliphatic imine (C=N–C) groups is 4. The Labute approximate surface area is 333 Å². The lowest BCUT2D eigenvalue weighted by molar-refractivity contribution is 0.860. The lowest BCUT2D eigenvalue weighted by Crippen LogP contribution is -1.95. The standard InChI is InChI=1S/C45H48N4S4/c1-24(2)32-17-13-28(9)42-38(32)46-22-47-39-33(25(3)4)18-14-29(10)43(39)52-37-21-36(50-42)51-44-30(11)15-19-34(26(5)6)40(44)48-23-49-41-35(27(7)8)20-16-31(12)45(41)53-37/h13-20,24-27H,1-12H3. The molecule has 272 valence electrons. The van der Waals surface area contributed by atoms with E-state index in [2.05, 4.69) is 149 Å². The molecule has 2 heterocycles. The number of hydrogen-bond acceptors (Lipinski definition) is 8. The summed E-state index contributed by atoms with van der Waals surface area (Å²) in [7, 11) is 0. The third-order valence-electron chi connectivity index (χ3n) is 9.56. The van der Waals surface area contributed by atoms with Crippen LogP contribution >= 0.6 is 47.0 Å². The van der Waals surface area contributed by atoms with Crippen molar-refractivity contribution in [1.82, 2.24) is 0 Å². The van der Waals surface area contributed by atoms with Gasteiger partial charge in [-0.05, 0) is 95.9 Å². The van der Waals surface area contributed by atoms with Crippen LogP contribution in [0.5, 0.6) is 0 Å². The van der Waals surface area contributed by atoms with Gasteiger partial charge in [-0.1, -0.05) is 157 Å². The average molecular weight is 773 g/mol. The van der Waals surface area contributed by atoms with Crippen LogP contribution in [-0.4, -0.2) is 12.0 Å². The van der Waals surface area contributed by atoms with Gasteiger partial charge in [0, 0.05) is 19.6 Å². The highest BCUT2D eigenvalue weighted by Crippen LogP contribution is 2.54. The van der Waals surface area contributed by atoms with Crippen LogP contribution in [0, 0.1) is 27.7 Å². The zero-order valence-electron chi connectivity index (χ0n) is 32.9. The molecule has 0 aromatic heterocycles. The van der Waals surface area contributed by atoms with E-state index in [1.165, 1.54) is 22.3 Å². The van der Waals surface area contributed by atoms with Gasteiger partial charge in [0.1, 0.15) is 12.0 Å². The van der Waals surface area contributed by atoms with Gasteiger partial charge in [0.25, 0.3) is 0 Å². The Morgan fingerprint density at radius 1 is 0.377 bits per heavy atom. The van der Waals surface area contributed by atoms with Crippen LogP contribution in [0.15, 0.2) is 102 Å². The molecule has 53 heavy (non-hydrogen) atoms. The normalized spacial score (nSPS) is 14.2. The molecule has 4 aromatic rings. The van der Waals surface area contributed by atoms with Crippen molar-refractivity contribution in [1.29, 1.82) is 0 Å². The topological polar surface area (TPSA) is 49.4 Å². The molecule has 2 bridgehead atoms. The highest BCUT2D eigenvalue weighted by molar-refractivity contribution is 8.23. The van der Waals surface area contributed by atoms with Crippen LogP contribution in [0.25, 0.3) is 0 Å². The Morgan fingerprint density at radius 3 is 0.811 bits per heavy atom. The third-order valence-corrected chi connectivity index (χ3v) is 14.6. The van der Waals surface area contributed by atoms with Gasteiger partial charge in [-0.25, -0.2) is 0 Å². The van der Waals surface area contributed by atoms with Gasteiger partial charge in [-0.15, -0.1) is 0 Å². The summed E-state index contributed by atoms with van der Waals surface area (Å²) in [5.74, 6) is 1.05. The first-order valence-electron chi connectivity index (χ1n) is 18.3. The molecule has 6 rings (SSSR count). The van der Waals surface area contributed by atoms with Gasteiger partial charge >= 0.3 is 0 Å². The molecule has 0 fully saturated rings. The molecule has 8 heteroatoms. The van der Waals surface area contributed by atoms with Crippen molar-refractivity contribution in [2.24, 2.45) is 20.0 Å². The predicted octanol–water partition coefficient (Wildman–Crippen LogP) is 16.1. The summed E-state index contributed by atoms with van der Waals surface area (Å²) in [5, 5.41) is 0. The van der Waals surface area contributed by atoms with Crippen LogP contribution in [0.4, 0.5) is 22.7 Å². The van der Waals surface area contributed by atoms with Crippen LogP contribution in [0.2, 0.25) is 0 Å². The van der Waals surface area contributed by atoms with Gasteiger partial charge in [0.2, 0.25) is 0 Å². The second kappa shape index (κ2) is 16.5. The summed E-state index contributed by atoms with van der Waals surface area (Å²) < 4.78 is 2.05. The van der Waals surface area contributed by atoms with Crippen molar-refractivity contribution in [3.63, 3.8) is 0 Å². The first-order chi connectivity index (χ1) is 25.2. The van der Waals surface area contributed by atoms with Crippen LogP contribution in [0.3, 0.4) is 0 Å². The van der Waals surface area contributed by atoms with E-state index >= 15 is 0 Å². The monoisotopic (exact) mass is 772 g/mol. The molecule has 0 radical (unpaired) electrons. The number of thioether (sulfide) groups is 4. The Bertz CT molecular complexity index is 2000. The van der Waals surface area contributed by atoms with E-state index in [1.807, 2.05) is 0 Å². The predicted molar refractivity (Wildman–Crippen MR) is 233 cm³/mol. The first-order valence-corrected chi connectivity index (χ1v) is 21.6. The number of rotatable bonds is 4. The summed E-state index contributed by atoms with van der Waals surface area (Å²) in [5.41, 5.74) is 17.0. The van der Waals surface area contributed by atoms with Crippen molar-refractivity contribution >= 4 is 81.8 Å². The number of benzene rings is 4. The third kappa shape index (κ3) is 8.31. The van der Waals surface area contributed by atoms with Crippen LogP contribution < -0.4 is 0 Å².